The number of hydrogen-bond acceptors (Lipinski definition) is 3. The number of pyridine rings is 1. The SMILES string of the molecule is COc1ccc(C=Cc2ccncc2CCc2ccccc2)cc1OC1CCCC1. The molecule has 0 bridgehead atoms. The molecule has 4 rings (SSSR count). The molecule has 0 aliphatic heterocycles. The highest BCUT2D eigenvalue weighted by atomic mass is 16.5. The van der Waals surface area contributed by atoms with Crippen molar-refractivity contribution in [1.82, 2.24) is 4.98 Å². The molecule has 0 spiro atoms. The van der Waals surface area contributed by atoms with E-state index in [1.54, 1.807) is 7.11 Å². The van der Waals surface area contributed by atoms with Gasteiger partial charge in [0.05, 0.1) is 13.2 Å². The van der Waals surface area contributed by atoms with E-state index >= 15 is 0 Å². The van der Waals surface area contributed by atoms with Crippen LogP contribution in [0.1, 0.15) is 47.9 Å². The monoisotopic (exact) mass is 399 g/mol. The number of benzene rings is 2. The van der Waals surface area contributed by atoms with Gasteiger partial charge in [-0.1, -0.05) is 48.6 Å². The maximum atomic E-state index is 6.23. The number of aromatic nitrogens is 1. The molecule has 0 unspecified atom stereocenters. The molecular formula is C27H29NO2. The second-order valence-corrected chi connectivity index (χ2v) is 7.83. The Morgan fingerprint density at radius 2 is 1.77 bits per heavy atom. The van der Waals surface area contributed by atoms with Crippen molar-refractivity contribution in [3.63, 3.8) is 0 Å². The summed E-state index contributed by atoms with van der Waals surface area (Å²) in [6.07, 6.45) is 15.2. The first-order valence-electron chi connectivity index (χ1n) is 10.8. The number of methoxy groups -OCH3 is 1. The average Bonchev–Trinajstić information content (AvgIpc) is 3.31. The predicted octanol–water partition coefficient (Wildman–Crippen LogP) is 6.37. The van der Waals surface area contributed by atoms with Gasteiger partial charge in [0.1, 0.15) is 0 Å². The van der Waals surface area contributed by atoms with Crippen LogP contribution in [0.3, 0.4) is 0 Å². The van der Waals surface area contributed by atoms with Gasteiger partial charge in [-0.15, -0.1) is 0 Å². The van der Waals surface area contributed by atoms with Gasteiger partial charge in [-0.25, -0.2) is 0 Å². The Kier molecular flexibility index (Phi) is 6.81. The van der Waals surface area contributed by atoms with Crippen molar-refractivity contribution in [3.05, 3.63) is 89.2 Å². The molecular weight excluding hydrogens is 370 g/mol. The van der Waals surface area contributed by atoms with Gasteiger partial charge in [-0.3, -0.25) is 4.98 Å². The smallest absolute Gasteiger partial charge is 0.162 e. The van der Waals surface area contributed by atoms with Gasteiger partial charge < -0.3 is 9.47 Å². The molecule has 3 aromatic rings. The Morgan fingerprint density at radius 1 is 0.933 bits per heavy atom. The Balaban J connectivity index is 1.49. The highest BCUT2D eigenvalue weighted by Crippen LogP contribution is 2.33. The van der Waals surface area contributed by atoms with Crippen LogP contribution in [0.5, 0.6) is 11.5 Å². The first-order chi connectivity index (χ1) is 14.8. The maximum Gasteiger partial charge on any atom is 0.162 e. The third-order valence-corrected chi connectivity index (χ3v) is 5.71. The second kappa shape index (κ2) is 10.1. The number of hydrogen-bond donors (Lipinski definition) is 0. The first-order valence-corrected chi connectivity index (χ1v) is 10.8. The lowest BCUT2D eigenvalue weighted by atomic mass is 10.0. The fourth-order valence-electron chi connectivity index (χ4n) is 3.99. The molecule has 3 nitrogen and oxygen atoms in total. The number of nitrogens with zero attached hydrogens (tertiary/aromatic N) is 1. The Hall–Kier alpha value is -3.07. The lowest BCUT2D eigenvalue weighted by Crippen LogP contribution is -2.11. The molecule has 1 saturated carbocycles. The normalized spacial score (nSPS) is 14.3. The zero-order valence-electron chi connectivity index (χ0n) is 17.6. The molecule has 1 aliphatic rings. The van der Waals surface area contributed by atoms with Crippen molar-refractivity contribution in [2.24, 2.45) is 0 Å². The molecule has 0 atom stereocenters. The maximum absolute atomic E-state index is 6.23. The third kappa shape index (κ3) is 5.29. The Morgan fingerprint density at radius 3 is 2.57 bits per heavy atom. The number of rotatable bonds is 8. The molecule has 0 saturated heterocycles. The van der Waals surface area contributed by atoms with Crippen molar-refractivity contribution >= 4 is 12.2 Å². The summed E-state index contributed by atoms with van der Waals surface area (Å²) in [4.78, 5) is 4.34. The van der Waals surface area contributed by atoms with Crippen LogP contribution in [0, 0.1) is 0 Å². The van der Waals surface area contributed by atoms with Gasteiger partial charge in [0.15, 0.2) is 11.5 Å². The van der Waals surface area contributed by atoms with Crippen LogP contribution in [-0.2, 0) is 12.8 Å². The quantitative estimate of drug-likeness (QED) is 0.441. The van der Waals surface area contributed by atoms with Gasteiger partial charge in [0.25, 0.3) is 0 Å². The van der Waals surface area contributed by atoms with Crippen molar-refractivity contribution in [2.75, 3.05) is 7.11 Å². The summed E-state index contributed by atoms with van der Waals surface area (Å²) in [6, 6.07) is 18.8. The summed E-state index contributed by atoms with van der Waals surface area (Å²) in [6.45, 7) is 0. The molecule has 30 heavy (non-hydrogen) atoms. The van der Waals surface area contributed by atoms with Gasteiger partial charge in [-0.2, -0.15) is 0 Å². The molecule has 0 N–H and O–H groups in total. The van der Waals surface area contributed by atoms with Crippen LogP contribution in [0.4, 0.5) is 0 Å². The van der Waals surface area contributed by atoms with Crippen LogP contribution < -0.4 is 9.47 Å². The van der Waals surface area contributed by atoms with E-state index < -0.39 is 0 Å². The molecule has 0 amide bonds. The third-order valence-electron chi connectivity index (χ3n) is 5.71. The summed E-state index contributed by atoms with van der Waals surface area (Å²) in [5.74, 6) is 1.64. The highest BCUT2D eigenvalue weighted by Gasteiger charge is 2.18. The van der Waals surface area contributed by atoms with Gasteiger partial charge >= 0.3 is 0 Å². The van der Waals surface area contributed by atoms with E-state index in [4.69, 9.17) is 9.47 Å². The van der Waals surface area contributed by atoms with Crippen molar-refractivity contribution < 1.29 is 9.47 Å². The lowest BCUT2D eigenvalue weighted by molar-refractivity contribution is 0.201. The zero-order chi connectivity index (χ0) is 20.6. The summed E-state index contributed by atoms with van der Waals surface area (Å²) in [5.41, 5.74) is 4.92. The van der Waals surface area contributed by atoms with Crippen LogP contribution in [0.2, 0.25) is 0 Å². The van der Waals surface area contributed by atoms with Crippen LogP contribution in [0.15, 0.2) is 67.0 Å². The molecule has 1 aromatic heterocycles. The lowest BCUT2D eigenvalue weighted by Gasteiger charge is -2.16. The van der Waals surface area contributed by atoms with Crippen LogP contribution in [-0.4, -0.2) is 18.2 Å². The van der Waals surface area contributed by atoms with Crippen LogP contribution in [0.25, 0.3) is 12.2 Å². The van der Waals surface area contributed by atoms with E-state index in [0.717, 1.165) is 42.7 Å². The molecule has 0 radical (unpaired) electrons. The standard InChI is InChI=1S/C27H29NO2/c1-29-26-16-13-22(19-27(26)30-25-9-5-6-10-25)12-14-23-17-18-28-20-24(23)15-11-21-7-3-2-4-8-21/h2-4,7-8,12-14,16-20,25H,5-6,9-11,15H2,1H3. The summed E-state index contributed by atoms with van der Waals surface area (Å²) in [7, 11) is 1.70. The Labute approximate surface area is 179 Å². The van der Waals surface area contributed by atoms with E-state index in [1.807, 2.05) is 18.5 Å². The largest absolute Gasteiger partial charge is 0.493 e. The van der Waals surface area contributed by atoms with Crippen molar-refractivity contribution in [2.45, 2.75) is 44.6 Å². The van der Waals surface area contributed by atoms with E-state index in [9.17, 15) is 0 Å². The molecule has 1 aliphatic carbocycles. The summed E-state index contributed by atoms with van der Waals surface area (Å²) in [5, 5.41) is 0. The van der Waals surface area contributed by atoms with Crippen molar-refractivity contribution in [1.29, 1.82) is 0 Å². The first kappa shape index (κ1) is 20.2. The number of aryl methyl sites for hydroxylation is 2. The number of ether oxygens (including phenoxy) is 2. The van der Waals surface area contributed by atoms with Gasteiger partial charge in [0, 0.05) is 12.4 Å². The van der Waals surface area contributed by atoms with E-state index in [2.05, 4.69) is 65.7 Å². The predicted molar refractivity (Wildman–Crippen MR) is 123 cm³/mol. The molecule has 1 heterocycles. The second-order valence-electron chi connectivity index (χ2n) is 7.83. The molecule has 154 valence electrons. The minimum Gasteiger partial charge on any atom is -0.493 e. The van der Waals surface area contributed by atoms with Crippen LogP contribution >= 0.6 is 0 Å². The van der Waals surface area contributed by atoms with Gasteiger partial charge in [-0.05, 0) is 79.0 Å². The van der Waals surface area contributed by atoms with Gasteiger partial charge in [0.2, 0.25) is 0 Å². The fourth-order valence-corrected chi connectivity index (χ4v) is 3.99. The zero-order valence-corrected chi connectivity index (χ0v) is 17.6. The molecule has 2 aromatic carbocycles. The average molecular weight is 400 g/mol. The van der Waals surface area contributed by atoms with Crippen molar-refractivity contribution in [3.8, 4) is 11.5 Å². The summed E-state index contributed by atoms with van der Waals surface area (Å²) >= 11 is 0. The Bertz CT molecular complexity index is 975. The molecule has 3 heteroatoms. The van der Waals surface area contributed by atoms with E-state index in [0.29, 0.717) is 6.10 Å². The minimum atomic E-state index is 0.308. The minimum absolute atomic E-state index is 0.308. The summed E-state index contributed by atoms with van der Waals surface area (Å²) < 4.78 is 11.7. The molecule has 1 fully saturated rings. The highest BCUT2D eigenvalue weighted by molar-refractivity contribution is 5.72. The van der Waals surface area contributed by atoms with E-state index in [-0.39, 0.29) is 0 Å². The van der Waals surface area contributed by atoms with E-state index in [1.165, 1.54) is 29.5 Å². The fraction of sp³-hybridized carbons (Fsp3) is 0.296. The topological polar surface area (TPSA) is 31.4 Å².